The molecule has 0 saturated carbocycles. The number of hydrogen-bond donors (Lipinski definition) is 0. The van der Waals surface area contributed by atoms with Crippen LogP contribution in [0.4, 0.5) is 0 Å². The number of likely N-dealkylation sites (tertiary alicyclic amines) is 1. The van der Waals surface area contributed by atoms with Crippen LogP contribution in [-0.2, 0) is 25.2 Å². The lowest BCUT2D eigenvalue weighted by atomic mass is 10.0. The molecule has 1 aromatic heterocycles. The van der Waals surface area contributed by atoms with Gasteiger partial charge < -0.3 is 19.1 Å². The normalized spacial score (nSPS) is 19.4. The number of methoxy groups -OCH3 is 1. The van der Waals surface area contributed by atoms with E-state index in [9.17, 15) is 8.42 Å². The fourth-order valence-corrected chi connectivity index (χ4v) is 5.23. The summed E-state index contributed by atoms with van der Waals surface area (Å²) in [6.45, 7) is 9.70. The molecule has 36 heavy (non-hydrogen) atoms. The molecule has 1 aromatic carbocycles. The van der Waals surface area contributed by atoms with E-state index in [1.165, 1.54) is 6.33 Å². The third kappa shape index (κ3) is 7.06. The Labute approximate surface area is 213 Å². The molecular formula is C25H35N3O7S. The highest BCUT2D eigenvalue weighted by molar-refractivity contribution is 7.81. The average molecular weight is 522 g/mol. The average Bonchev–Trinajstić information content (AvgIpc) is 2.84. The Balaban J connectivity index is 1.39. The lowest BCUT2D eigenvalue weighted by Gasteiger charge is -2.33. The maximum atomic E-state index is 11.3. The van der Waals surface area contributed by atoms with Gasteiger partial charge in [-0.3, -0.25) is 0 Å². The number of aromatic nitrogens is 2. The molecule has 2 aliphatic heterocycles. The second kappa shape index (κ2) is 11.7. The maximum Gasteiger partial charge on any atom is 0.399 e. The SMILES string of the molecule is COc1cc(CC2COS(=O)(=O)OC2)ccc1Oc1ncnc(OC2CCN(CC(C)C)CC2)c1C. The second-order valence-electron chi connectivity index (χ2n) is 9.76. The molecule has 2 aromatic rings. The van der Waals surface area contributed by atoms with E-state index >= 15 is 0 Å². The summed E-state index contributed by atoms with van der Waals surface area (Å²) in [5.41, 5.74) is 1.67. The molecule has 10 nitrogen and oxygen atoms in total. The van der Waals surface area contributed by atoms with Crippen LogP contribution < -0.4 is 14.2 Å². The predicted molar refractivity (Wildman–Crippen MR) is 133 cm³/mol. The van der Waals surface area contributed by atoms with Gasteiger partial charge in [0.1, 0.15) is 12.4 Å². The van der Waals surface area contributed by atoms with Crippen molar-refractivity contribution in [2.24, 2.45) is 11.8 Å². The summed E-state index contributed by atoms with van der Waals surface area (Å²) in [7, 11) is -2.29. The second-order valence-corrected chi connectivity index (χ2v) is 11.0. The third-order valence-electron chi connectivity index (χ3n) is 6.28. The van der Waals surface area contributed by atoms with E-state index in [1.807, 2.05) is 25.1 Å². The molecule has 198 valence electrons. The first-order valence-corrected chi connectivity index (χ1v) is 13.6. The number of nitrogens with zero attached hydrogens (tertiary/aromatic N) is 3. The zero-order valence-corrected chi connectivity index (χ0v) is 22.1. The summed E-state index contributed by atoms with van der Waals surface area (Å²) >= 11 is 0. The Kier molecular flexibility index (Phi) is 8.66. The van der Waals surface area contributed by atoms with E-state index in [4.69, 9.17) is 22.6 Å². The molecular weight excluding hydrogens is 486 g/mol. The van der Waals surface area contributed by atoms with Crippen LogP contribution in [0.1, 0.15) is 37.8 Å². The Morgan fingerprint density at radius 1 is 1.08 bits per heavy atom. The first kappa shape index (κ1) is 26.6. The van der Waals surface area contributed by atoms with Gasteiger partial charge in [0.2, 0.25) is 11.8 Å². The smallest absolute Gasteiger partial charge is 0.399 e. The number of piperidine rings is 1. The summed E-state index contributed by atoms with van der Waals surface area (Å²) in [4.78, 5) is 11.1. The van der Waals surface area contributed by atoms with Crippen molar-refractivity contribution in [2.75, 3.05) is 40.0 Å². The predicted octanol–water partition coefficient (Wildman–Crippen LogP) is 3.54. The minimum absolute atomic E-state index is 0.0777. The summed E-state index contributed by atoms with van der Waals surface area (Å²) in [6, 6.07) is 5.57. The lowest BCUT2D eigenvalue weighted by Crippen LogP contribution is -2.40. The third-order valence-corrected chi connectivity index (χ3v) is 7.13. The Morgan fingerprint density at radius 3 is 2.44 bits per heavy atom. The maximum absolute atomic E-state index is 11.3. The van der Waals surface area contributed by atoms with E-state index in [0.717, 1.165) is 43.6 Å². The highest BCUT2D eigenvalue weighted by Gasteiger charge is 2.26. The summed E-state index contributed by atoms with van der Waals surface area (Å²) < 4.78 is 50.0. The van der Waals surface area contributed by atoms with Crippen molar-refractivity contribution in [3.05, 3.63) is 35.7 Å². The zero-order valence-electron chi connectivity index (χ0n) is 21.3. The van der Waals surface area contributed by atoms with Crippen LogP contribution in [0, 0.1) is 18.8 Å². The van der Waals surface area contributed by atoms with Crippen LogP contribution in [0.5, 0.6) is 23.3 Å². The molecule has 3 heterocycles. The van der Waals surface area contributed by atoms with Gasteiger partial charge >= 0.3 is 10.4 Å². The monoisotopic (exact) mass is 521 g/mol. The Bertz CT molecular complexity index is 1120. The van der Waals surface area contributed by atoms with Crippen molar-refractivity contribution in [2.45, 2.75) is 46.1 Å². The van der Waals surface area contributed by atoms with Crippen LogP contribution in [-0.4, -0.2) is 69.3 Å². The minimum atomic E-state index is -3.86. The molecule has 0 spiro atoms. The van der Waals surface area contributed by atoms with Crippen molar-refractivity contribution >= 4 is 10.4 Å². The van der Waals surface area contributed by atoms with Crippen molar-refractivity contribution in [3.8, 4) is 23.3 Å². The van der Waals surface area contributed by atoms with Crippen LogP contribution >= 0.6 is 0 Å². The highest BCUT2D eigenvalue weighted by atomic mass is 32.3. The van der Waals surface area contributed by atoms with Gasteiger partial charge in [0.05, 0.1) is 25.9 Å². The van der Waals surface area contributed by atoms with Crippen LogP contribution in [0.3, 0.4) is 0 Å². The van der Waals surface area contributed by atoms with Gasteiger partial charge in [0.25, 0.3) is 0 Å². The summed E-state index contributed by atoms with van der Waals surface area (Å²) in [6.07, 6.45) is 4.07. The fraction of sp³-hybridized carbons (Fsp3) is 0.600. The number of rotatable bonds is 9. The Hall–Kier alpha value is -2.47. The van der Waals surface area contributed by atoms with Crippen molar-refractivity contribution in [1.29, 1.82) is 0 Å². The largest absolute Gasteiger partial charge is 0.493 e. The molecule has 0 aliphatic carbocycles. The number of ether oxygens (including phenoxy) is 3. The summed E-state index contributed by atoms with van der Waals surface area (Å²) in [5, 5.41) is 0. The van der Waals surface area contributed by atoms with Gasteiger partial charge in [-0.2, -0.15) is 8.42 Å². The van der Waals surface area contributed by atoms with Crippen LogP contribution in [0.15, 0.2) is 24.5 Å². The standard InChI is InChI=1S/C25H35N3O7S/c1-17(2)13-28-9-7-21(8-10-28)34-24-18(3)25(27-16-26-24)35-22-6-5-19(12-23(22)31-4)11-20-14-32-36(29,30)33-15-20/h5-6,12,16-17,20-21H,7-11,13-15H2,1-4H3. The molecule has 2 saturated heterocycles. The molecule has 2 aliphatic rings. The molecule has 0 atom stereocenters. The number of benzene rings is 1. The van der Waals surface area contributed by atoms with Gasteiger partial charge in [0, 0.05) is 25.6 Å². The van der Waals surface area contributed by atoms with Gasteiger partial charge in [0.15, 0.2) is 11.5 Å². The topological polar surface area (TPSA) is 109 Å². The van der Waals surface area contributed by atoms with Gasteiger partial charge in [-0.25, -0.2) is 18.3 Å². The molecule has 0 radical (unpaired) electrons. The van der Waals surface area contributed by atoms with Gasteiger partial charge in [-0.1, -0.05) is 19.9 Å². The molecule has 0 N–H and O–H groups in total. The number of hydrogen-bond acceptors (Lipinski definition) is 10. The van der Waals surface area contributed by atoms with Crippen molar-refractivity contribution in [1.82, 2.24) is 14.9 Å². The minimum Gasteiger partial charge on any atom is -0.493 e. The first-order chi connectivity index (χ1) is 17.2. The van der Waals surface area contributed by atoms with E-state index in [-0.39, 0.29) is 25.2 Å². The van der Waals surface area contributed by atoms with Crippen LogP contribution in [0.25, 0.3) is 0 Å². The first-order valence-electron chi connectivity index (χ1n) is 12.3. The molecule has 11 heteroatoms. The highest BCUT2D eigenvalue weighted by Crippen LogP contribution is 2.35. The van der Waals surface area contributed by atoms with Gasteiger partial charge in [-0.05, 0) is 49.8 Å². The molecule has 0 unspecified atom stereocenters. The molecule has 2 fully saturated rings. The molecule has 4 rings (SSSR count). The zero-order chi connectivity index (χ0) is 25.7. The van der Waals surface area contributed by atoms with E-state index in [2.05, 4.69) is 28.7 Å². The van der Waals surface area contributed by atoms with Crippen LogP contribution in [0.2, 0.25) is 0 Å². The van der Waals surface area contributed by atoms with Gasteiger partial charge in [-0.15, -0.1) is 0 Å². The van der Waals surface area contributed by atoms with Crippen molar-refractivity contribution in [3.63, 3.8) is 0 Å². The molecule has 0 bridgehead atoms. The quantitative estimate of drug-likeness (QED) is 0.486. The van der Waals surface area contributed by atoms with E-state index < -0.39 is 10.4 Å². The Morgan fingerprint density at radius 2 is 1.78 bits per heavy atom. The fourth-order valence-electron chi connectivity index (χ4n) is 4.44. The van der Waals surface area contributed by atoms with E-state index in [0.29, 0.717) is 35.6 Å². The van der Waals surface area contributed by atoms with E-state index in [1.54, 1.807) is 7.11 Å². The molecule has 0 amide bonds. The summed E-state index contributed by atoms with van der Waals surface area (Å²) in [5.74, 6) is 2.57. The lowest BCUT2D eigenvalue weighted by molar-refractivity contribution is 0.0897. The van der Waals surface area contributed by atoms with Crippen molar-refractivity contribution < 1.29 is 31.0 Å².